The minimum Gasteiger partial charge on any atom is -0.490 e. The van der Waals surface area contributed by atoms with E-state index >= 15 is 0 Å². The predicted molar refractivity (Wildman–Crippen MR) is 123 cm³/mol. The first-order valence-corrected chi connectivity index (χ1v) is 11.2. The molecular formula is C25H17F2N3O3S. The van der Waals surface area contributed by atoms with E-state index in [4.69, 9.17) is 9.47 Å². The van der Waals surface area contributed by atoms with Crippen molar-refractivity contribution in [3.63, 3.8) is 0 Å². The quantitative estimate of drug-likeness (QED) is 0.344. The summed E-state index contributed by atoms with van der Waals surface area (Å²) in [6, 6.07) is 8.60. The van der Waals surface area contributed by atoms with Gasteiger partial charge in [0.05, 0.1) is 11.2 Å². The Kier molecular flexibility index (Phi) is 5.85. The lowest BCUT2D eigenvalue weighted by molar-refractivity contribution is 0.105. The van der Waals surface area contributed by atoms with Crippen LogP contribution in [-0.4, -0.2) is 33.9 Å². The minimum atomic E-state index is -0.983. The topological polar surface area (TPSA) is 74.2 Å². The lowest BCUT2D eigenvalue weighted by Crippen LogP contribution is -2.10. The molecule has 0 aliphatic heterocycles. The Morgan fingerprint density at radius 3 is 2.50 bits per heavy atom. The first-order valence-electron chi connectivity index (χ1n) is 10.3. The highest BCUT2D eigenvalue weighted by atomic mass is 32.1. The number of benzene rings is 2. The zero-order valence-electron chi connectivity index (χ0n) is 17.9. The van der Waals surface area contributed by atoms with Gasteiger partial charge >= 0.3 is 0 Å². The molecule has 0 radical (unpaired) electrons. The summed E-state index contributed by atoms with van der Waals surface area (Å²) in [5.41, 5.74) is 5.32. The number of rotatable bonds is 7. The molecule has 4 aromatic rings. The first-order chi connectivity index (χ1) is 16.5. The molecule has 0 fully saturated rings. The molecule has 0 saturated heterocycles. The van der Waals surface area contributed by atoms with Crippen molar-refractivity contribution >= 4 is 28.3 Å². The third kappa shape index (κ3) is 3.94. The lowest BCUT2D eigenvalue weighted by atomic mass is 9.98. The molecule has 0 amide bonds. The van der Waals surface area contributed by atoms with E-state index in [2.05, 4.69) is 15.0 Å². The van der Waals surface area contributed by atoms with Gasteiger partial charge in [-0.1, -0.05) is 12.1 Å². The Bertz CT molecular complexity index is 1420. The molecule has 2 aromatic carbocycles. The second kappa shape index (κ2) is 9.11. The fraction of sp³-hybridized carbons (Fsp3) is 0.120. The van der Waals surface area contributed by atoms with E-state index in [-0.39, 0.29) is 24.7 Å². The van der Waals surface area contributed by atoms with Crippen molar-refractivity contribution < 1.29 is 23.0 Å². The van der Waals surface area contributed by atoms with Gasteiger partial charge in [-0.05, 0) is 25.1 Å². The first kappa shape index (κ1) is 21.8. The molecule has 0 unspecified atom stereocenters. The third-order valence-corrected chi connectivity index (χ3v) is 6.09. The zero-order valence-corrected chi connectivity index (χ0v) is 18.7. The van der Waals surface area contributed by atoms with Crippen LogP contribution in [0.4, 0.5) is 8.78 Å². The molecule has 0 saturated carbocycles. The van der Waals surface area contributed by atoms with Crippen molar-refractivity contribution in [2.24, 2.45) is 0 Å². The van der Waals surface area contributed by atoms with Crippen LogP contribution in [0.2, 0.25) is 0 Å². The van der Waals surface area contributed by atoms with E-state index < -0.39 is 11.6 Å². The van der Waals surface area contributed by atoms with Gasteiger partial charge < -0.3 is 9.47 Å². The number of carbonyl (C=O) groups excluding carboxylic acids is 1. The molecule has 2 heterocycles. The molecule has 0 bridgehead atoms. The highest BCUT2D eigenvalue weighted by Crippen LogP contribution is 2.46. The van der Waals surface area contributed by atoms with Gasteiger partial charge in [0, 0.05) is 51.2 Å². The van der Waals surface area contributed by atoms with E-state index in [1.807, 2.05) is 6.92 Å². The lowest BCUT2D eigenvalue weighted by Gasteiger charge is -2.14. The van der Waals surface area contributed by atoms with Crippen LogP contribution < -0.4 is 9.47 Å². The summed E-state index contributed by atoms with van der Waals surface area (Å²) < 4.78 is 38.0. The SMILES string of the molecule is Cc1scnc1C1=C(c2cncnc2)C(=O)c2cccc(OCCOc3ccc(F)c(F)c3)c21. The minimum absolute atomic E-state index is 0.0941. The number of aromatic nitrogens is 3. The Hall–Kier alpha value is -3.98. The number of nitrogens with zero attached hydrogens (tertiary/aromatic N) is 3. The number of ether oxygens (including phenoxy) is 2. The smallest absolute Gasteiger partial charge is 0.195 e. The van der Waals surface area contributed by atoms with Gasteiger partial charge in [-0.25, -0.2) is 23.7 Å². The number of Topliss-reactive ketones (excluding diaryl/α,β-unsaturated/α-hetero) is 1. The van der Waals surface area contributed by atoms with Crippen molar-refractivity contribution in [1.82, 2.24) is 15.0 Å². The van der Waals surface area contributed by atoms with Gasteiger partial charge in [-0.3, -0.25) is 4.79 Å². The average Bonchev–Trinajstić information content (AvgIpc) is 3.40. The van der Waals surface area contributed by atoms with Gasteiger partial charge in [0.15, 0.2) is 17.4 Å². The number of hydrogen-bond acceptors (Lipinski definition) is 7. The van der Waals surface area contributed by atoms with Gasteiger partial charge in [0.25, 0.3) is 0 Å². The molecule has 0 spiro atoms. The monoisotopic (exact) mass is 477 g/mol. The van der Waals surface area contributed by atoms with Gasteiger partial charge in [-0.2, -0.15) is 0 Å². The predicted octanol–water partition coefficient (Wildman–Crippen LogP) is 5.13. The maximum absolute atomic E-state index is 13.5. The van der Waals surface area contributed by atoms with Crippen molar-refractivity contribution in [3.05, 3.63) is 99.5 Å². The van der Waals surface area contributed by atoms with E-state index in [1.54, 1.807) is 36.1 Å². The average molecular weight is 477 g/mol. The van der Waals surface area contributed by atoms with E-state index in [0.717, 1.165) is 17.0 Å². The van der Waals surface area contributed by atoms with Crippen molar-refractivity contribution in [2.75, 3.05) is 13.2 Å². The molecule has 0 N–H and O–H groups in total. The normalized spacial score (nSPS) is 12.7. The third-order valence-electron chi connectivity index (χ3n) is 5.33. The Balaban J connectivity index is 1.47. The second-order valence-corrected chi connectivity index (χ2v) is 8.47. The van der Waals surface area contributed by atoms with Crippen LogP contribution in [0.5, 0.6) is 11.5 Å². The van der Waals surface area contributed by atoms with Crippen molar-refractivity contribution in [2.45, 2.75) is 6.92 Å². The number of aryl methyl sites for hydroxylation is 1. The Labute approximate surface area is 197 Å². The molecule has 5 rings (SSSR count). The van der Waals surface area contributed by atoms with Crippen LogP contribution in [0, 0.1) is 18.6 Å². The van der Waals surface area contributed by atoms with Gasteiger partial charge in [0.1, 0.15) is 31.0 Å². The summed E-state index contributed by atoms with van der Waals surface area (Å²) in [6.07, 6.45) is 4.61. The highest BCUT2D eigenvalue weighted by Gasteiger charge is 2.35. The molecule has 9 heteroatoms. The van der Waals surface area contributed by atoms with Crippen LogP contribution in [0.1, 0.15) is 32.1 Å². The molecule has 1 aliphatic rings. The Morgan fingerprint density at radius 1 is 0.971 bits per heavy atom. The number of allylic oxidation sites excluding steroid dienone is 1. The van der Waals surface area contributed by atoms with Crippen LogP contribution in [0.25, 0.3) is 11.1 Å². The van der Waals surface area contributed by atoms with Crippen LogP contribution in [-0.2, 0) is 0 Å². The number of hydrogen-bond donors (Lipinski definition) is 0. The molecular weight excluding hydrogens is 460 g/mol. The van der Waals surface area contributed by atoms with Crippen molar-refractivity contribution in [1.29, 1.82) is 0 Å². The second-order valence-electron chi connectivity index (χ2n) is 7.41. The van der Waals surface area contributed by atoms with Gasteiger partial charge in [-0.15, -0.1) is 11.3 Å². The fourth-order valence-corrected chi connectivity index (χ4v) is 4.42. The standard InChI is InChI=1S/C25H17F2N3O3S/c1-14-24(30-13-34-14)23-21(15-10-28-12-29-11-15)25(31)17-3-2-4-20(22(17)23)33-8-7-32-16-5-6-18(26)19(27)9-16/h2-6,9-13H,7-8H2,1H3. The summed E-state index contributed by atoms with van der Waals surface area (Å²) in [6.45, 7) is 2.16. The molecule has 1 aliphatic carbocycles. The fourth-order valence-electron chi connectivity index (χ4n) is 3.84. The largest absolute Gasteiger partial charge is 0.490 e. The van der Waals surface area contributed by atoms with E-state index in [1.165, 1.54) is 23.7 Å². The summed E-state index contributed by atoms with van der Waals surface area (Å²) in [5, 5.41) is 0. The Morgan fingerprint density at radius 2 is 1.76 bits per heavy atom. The maximum Gasteiger partial charge on any atom is 0.195 e. The number of fused-ring (bicyclic) bond motifs is 1. The number of thiazole rings is 1. The number of halogens is 2. The summed E-state index contributed by atoms with van der Waals surface area (Å²) in [5.74, 6) is -1.39. The molecule has 170 valence electrons. The van der Waals surface area contributed by atoms with Crippen LogP contribution in [0.15, 0.2) is 60.6 Å². The summed E-state index contributed by atoms with van der Waals surface area (Å²) in [7, 11) is 0. The van der Waals surface area contributed by atoms with E-state index in [9.17, 15) is 13.6 Å². The van der Waals surface area contributed by atoms with E-state index in [0.29, 0.717) is 39.3 Å². The summed E-state index contributed by atoms with van der Waals surface area (Å²) in [4.78, 5) is 27.1. The van der Waals surface area contributed by atoms with Gasteiger partial charge in [0.2, 0.25) is 0 Å². The maximum atomic E-state index is 13.5. The van der Waals surface area contributed by atoms with Crippen LogP contribution in [0.3, 0.4) is 0 Å². The molecule has 2 aromatic heterocycles. The highest BCUT2D eigenvalue weighted by molar-refractivity contribution is 7.09. The molecule has 34 heavy (non-hydrogen) atoms. The van der Waals surface area contributed by atoms with Crippen LogP contribution >= 0.6 is 11.3 Å². The molecule has 6 nitrogen and oxygen atoms in total. The van der Waals surface area contributed by atoms with Crippen molar-refractivity contribution in [3.8, 4) is 11.5 Å². The molecule has 0 atom stereocenters. The number of ketones is 1. The number of carbonyl (C=O) groups is 1. The summed E-state index contributed by atoms with van der Waals surface area (Å²) >= 11 is 1.49. The zero-order chi connectivity index (χ0) is 23.7.